The summed E-state index contributed by atoms with van der Waals surface area (Å²) < 4.78 is 22.2. The van der Waals surface area contributed by atoms with Crippen LogP contribution in [-0.4, -0.2) is 34.7 Å². The van der Waals surface area contributed by atoms with Crippen molar-refractivity contribution >= 4 is 8.80 Å². The van der Waals surface area contributed by atoms with E-state index in [4.69, 9.17) is 23.3 Å². The summed E-state index contributed by atoms with van der Waals surface area (Å²) >= 11 is 0. The highest BCUT2D eigenvalue weighted by Gasteiger charge is 2.40. The van der Waals surface area contributed by atoms with Gasteiger partial charge in [-0.05, 0) is 33.6 Å². The minimum atomic E-state index is -2.59. The van der Waals surface area contributed by atoms with E-state index in [1.54, 1.807) is 6.26 Å². The highest BCUT2D eigenvalue weighted by atomic mass is 28.4. The van der Waals surface area contributed by atoms with Crippen molar-refractivity contribution in [3.8, 4) is 6.26 Å². The summed E-state index contributed by atoms with van der Waals surface area (Å²) in [5, 5.41) is 8.55. The number of ether oxygens (including phenoxy) is 1. The van der Waals surface area contributed by atoms with Gasteiger partial charge in [0.25, 0.3) is 6.26 Å². The van der Waals surface area contributed by atoms with Crippen LogP contribution in [0.4, 0.5) is 0 Å². The Balaban J connectivity index is 4.49. The molecule has 0 N–H and O–H groups in total. The van der Waals surface area contributed by atoms with Gasteiger partial charge in [0.05, 0.1) is 0 Å². The molecule has 1 atom stereocenters. The second-order valence-corrected chi connectivity index (χ2v) is 6.49. The van der Waals surface area contributed by atoms with Gasteiger partial charge in [-0.3, -0.25) is 0 Å². The van der Waals surface area contributed by atoms with E-state index in [9.17, 15) is 0 Å². The Morgan fingerprint density at radius 1 is 1.00 bits per heavy atom. The van der Waals surface area contributed by atoms with E-state index in [0.717, 1.165) is 12.8 Å². The highest BCUT2D eigenvalue weighted by molar-refractivity contribution is 6.60. The van der Waals surface area contributed by atoms with Gasteiger partial charge in [0.1, 0.15) is 6.10 Å². The number of nitriles is 1. The molecule has 0 fully saturated rings. The van der Waals surface area contributed by atoms with Crippen LogP contribution in [0, 0.1) is 11.5 Å². The fourth-order valence-electron chi connectivity index (χ4n) is 1.76. The summed E-state index contributed by atoms with van der Waals surface area (Å²) in [5.74, 6) is 0. The Morgan fingerprint density at radius 3 is 1.83 bits per heavy atom. The summed E-state index contributed by atoms with van der Waals surface area (Å²) in [7, 11) is -2.59. The molecule has 5 nitrogen and oxygen atoms in total. The summed E-state index contributed by atoms with van der Waals surface area (Å²) in [4.78, 5) is 0. The lowest BCUT2D eigenvalue weighted by molar-refractivity contribution is 0.0644. The second kappa shape index (κ2) is 10.3. The molecule has 0 aromatic carbocycles. The van der Waals surface area contributed by atoms with Crippen LogP contribution in [0.5, 0.6) is 0 Å². The maximum Gasteiger partial charge on any atom is 0.501 e. The predicted octanol–water partition coefficient (Wildman–Crippen LogP) is 2.70. The smallest absolute Gasteiger partial charge is 0.424 e. The average molecular weight is 275 g/mol. The normalized spacial score (nSPS) is 13.1. The lowest BCUT2D eigenvalue weighted by Crippen LogP contribution is -2.46. The minimum Gasteiger partial charge on any atom is -0.424 e. The molecule has 0 aromatic rings. The Bertz CT molecular complexity index is 228. The molecule has 0 rings (SSSR count). The number of hydrogen-bond donors (Lipinski definition) is 0. The number of hydrogen-bond acceptors (Lipinski definition) is 5. The van der Waals surface area contributed by atoms with Gasteiger partial charge in [-0.25, -0.2) is 0 Å². The monoisotopic (exact) mass is 275 g/mol. The third kappa shape index (κ3) is 6.35. The van der Waals surface area contributed by atoms with Crippen LogP contribution in [-0.2, 0) is 18.0 Å². The van der Waals surface area contributed by atoms with Crippen molar-refractivity contribution in [2.45, 2.75) is 52.7 Å². The third-order valence-electron chi connectivity index (χ3n) is 2.54. The molecule has 0 heterocycles. The summed E-state index contributed by atoms with van der Waals surface area (Å²) in [6.07, 6.45) is 3.18. The van der Waals surface area contributed by atoms with Crippen LogP contribution in [0.1, 0.15) is 40.5 Å². The van der Waals surface area contributed by atoms with E-state index < -0.39 is 8.80 Å². The molecule has 0 radical (unpaired) electrons. The van der Waals surface area contributed by atoms with E-state index >= 15 is 0 Å². The molecule has 0 bridgehead atoms. The molecule has 0 saturated carbocycles. The molecule has 0 saturated heterocycles. The van der Waals surface area contributed by atoms with Gasteiger partial charge in [0, 0.05) is 25.9 Å². The van der Waals surface area contributed by atoms with E-state index in [0.29, 0.717) is 25.9 Å². The standard InChI is InChI=1S/C12H25NO4Si/c1-5-12(14-11-13)9-10-18(15-6-2,16-7-3)17-8-4/h12H,5-10H2,1-4H3. The number of nitrogens with zero attached hydrogens (tertiary/aromatic N) is 1. The first-order valence-electron chi connectivity index (χ1n) is 6.64. The van der Waals surface area contributed by atoms with E-state index in [-0.39, 0.29) is 6.10 Å². The zero-order valence-electron chi connectivity index (χ0n) is 11.9. The van der Waals surface area contributed by atoms with E-state index in [1.165, 1.54) is 0 Å². The second-order valence-electron chi connectivity index (χ2n) is 3.76. The SMILES string of the molecule is CCO[Si](CCC(CC)OC#N)(OCC)OCC. The van der Waals surface area contributed by atoms with Crippen LogP contribution in [0.25, 0.3) is 0 Å². The molecular weight excluding hydrogens is 250 g/mol. The van der Waals surface area contributed by atoms with Crippen molar-refractivity contribution in [3.05, 3.63) is 0 Å². The Labute approximate surface area is 111 Å². The van der Waals surface area contributed by atoms with Crippen LogP contribution in [0.15, 0.2) is 0 Å². The van der Waals surface area contributed by atoms with Gasteiger partial charge in [0.15, 0.2) is 0 Å². The molecule has 1 unspecified atom stereocenters. The van der Waals surface area contributed by atoms with Crippen molar-refractivity contribution in [2.24, 2.45) is 0 Å². The lowest BCUT2D eigenvalue weighted by Gasteiger charge is -2.29. The molecule has 0 aliphatic heterocycles. The average Bonchev–Trinajstić information content (AvgIpc) is 2.35. The Kier molecular flexibility index (Phi) is 9.97. The zero-order chi connectivity index (χ0) is 13.9. The van der Waals surface area contributed by atoms with Crippen LogP contribution >= 0.6 is 0 Å². The largest absolute Gasteiger partial charge is 0.501 e. The lowest BCUT2D eigenvalue weighted by atomic mass is 10.2. The number of rotatable bonds is 11. The fourth-order valence-corrected chi connectivity index (χ4v) is 4.44. The molecule has 18 heavy (non-hydrogen) atoms. The van der Waals surface area contributed by atoms with E-state index in [2.05, 4.69) is 0 Å². The van der Waals surface area contributed by atoms with Crippen LogP contribution in [0.3, 0.4) is 0 Å². The van der Waals surface area contributed by atoms with Crippen LogP contribution in [0.2, 0.25) is 6.04 Å². The molecule has 0 aliphatic rings. The van der Waals surface area contributed by atoms with Crippen molar-refractivity contribution < 1.29 is 18.0 Å². The first kappa shape index (κ1) is 17.4. The van der Waals surface area contributed by atoms with Gasteiger partial charge in [-0.15, -0.1) is 0 Å². The maximum atomic E-state index is 8.55. The zero-order valence-corrected chi connectivity index (χ0v) is 12.9. The highest BCUT2D eigenvalue weighted by Crippen LogP contribution is 2.21. The summed E-state index contributed by atoms with van der Waals surface area (Å²) in [6, 6.07) is 0.683. The van der Waals surface area contributed by atoms with Gasteiger partial charge in [-0.2, -0.15) is 5.26 Å². The van der Waals surface area contributed by atoms with Crippen LogP contribution < -0.4 is 0 Å². The third-order valence-corrected chi connectivity index (χ3v) is 5.63. The first-order chi connectivity index (χ1) is 8.67. The molecule has 0 aliphatic carbocycles. The summed E-state index contributed by atoms with van der Waals surface area (Å²) in [5.41, 5.74) is 0. The molecule has 6 heteroatoms. The predicted molar refractivity (Wildman–Crippen MR) is 70.8 cm³/mol. The molecule has 0 spiro atoms. The van der Waals surface area contributed by atoms with Gasteiger partial charge >= 0.3 is 8.80 Å². The van der Waals surface area contributed by atoms with Gasteiger partial charge in [0.2, 0.25) is 0 Å². The first-order valence-corrected chi connectivity index (χ1v) is 8.57. The molecule has 106 valence electrons. The van der Waals surface area contributed by atoms with Crippen molar-refractivity contribution in [3.63, 3.8) is 0 Å². The molecule has 0 aromatic heterocycles. The molecule has 0 amide bonds. The molecular formula is C12H25NO4Si. The Morgan fingerprint density at radius 2 is 1.50 bits per heavy atom. The maximum absolute atomic E-state index is 8.55. The van der Waals surface area contributed by atoms with E-state index in [1.807, 2.05) is 27.7 Å². The van der Waals surface area contributed by atoms with Crippen molar-refractivity contribution in [1.82, 2.24) is 0 Å². The Hall–Kier alpha value is -0.613. The van der Waals surface area contributed by atoms with Gasteiger partial charge in [-0.1, -0.05) is 6.92 Å². The summed E-state index contributed by atoms with van der Waals surface area (Å²) in [6.45, 7) is 9.51. The topological polar surface area (TPSA) is 60.7 Å². The van der Waals surface area contributed by atoms with Gasteiger partial charge < -0.3 is 18.0 Å². The minimum absolute atomic E-state index is 0.0803. The quantitative estimate of drug-likeness (QED) is 0.428. The van der Waals surface area contributed by atoms with Crippen molar-refractivity contribution in [1.29, 1.82) is 5.26 Å². The van der Waals surface area contributed by atoms with Crippen molar-refractivity contribution in [2.75, 3.05) is 19.8 Å². The fraction of sp³-hybridized carbons (Fsp3) is 0.917.